The maximum absolute atomic E-state index is 6.39. The average molecular weight is 378 g/mol. The summed E-state index contributed by atoms with van der Waals surface area (Å²) in [6.07, 6.45) is 7.08. The second kappa shape index (κ2) is 8.59. The molecule has 3 aromatic rings. The van der Waals surface area contributed by atoms with Gasteiger partial charge in [-0.2, -0.15) is 0 Å². The SMILES string of the molecule is Cc1ccc(CCC2(Cn3ccnc3)OCC(COc3ccccc3)O2)cc1. The van der Waals surface area contributed by atoms with E-state index in [1.807, 2.05) is 41.1 Å². The van der Waals surface area contributed by atoms with Crippen molar-refractivity contribution in [2.45, 2.75) is 38.2 Å². The van der Waals surface area contributed by atoms with E-state index in [-0.39, 0.29) is 6.10 Å². The molecule has 0 saturated carbocycles. The summed E-state index contributed by atoms with van der Waals surface area (Å²) in [6.45, 7) is 3.71. The van der Waals surface area contributed by atoms with Gasteiger partial charge in [-0.3, -0.25) is 0 Å². The predicted molar refractivity (Wildman–Crippen MR) is 107 cm³/mol. The van der Waals surface area contributed by atoms with E-state index >= 15 is 0 Å². The molecule has 5 heteroatoms. The van der Waals surface area contributed by atoms with Gasteiger partial charge in [0.1, 0.15) is 18.5 Å². The minimum absolute atomic E-state index is 0.0956. The van der Waals surface area contributed by atoms with Crippen LogP contribution < -0.4 is 4.74 Å². The number of para-hydroxylation sites is 1. The van der Waals surface area contributed by atoms with Crippen LogP contribution in [-0.4, -0.2) is 34.7 Å². The molecule has 0 amide bonds. The molecule has 0 aliphatic carbocycles. The minimum Gasteiger partial charge on any atom is -0.491 e. The Morgan fingerprint density at radius 2 is 1.96 bits per heavy atom. The molecular formula is C23H26N2O3. The van der Waals surface area contributed by atoms with Crippen LogP contribution >= 0.6 is 0 Å². The van der Waals surface area contributed by atoms with Crippen molar-refractivity contribution < 1.29 is 14.2 Å². The Hall–Kier alpha value is -2.63. The van der Waals surface area contributed by atoms with E-state index in [0.717, 1.165) is 18.6 Å². The van der Waals surface area contributed by atoms with Crippen LogP contribution in [0.1, 0.15) is 17.5 Å². The fourth-order valence-electron chi connectivity index (χ4n) is 3.45. The van der Waals surface area contributed by atoms with Crippen LogP contribution in [0.4, 0.5) is 0 Å². The molecule has 0 radical (unpaired) electrons. The molecule has 1 saturated heterocycles. The van der Waals surface area contributed by atoms with E-state index < -0.39 is 5.79 Å². The Labute approximate surface area is 165 Å². The molecule has 1 aliphatic rings. The summed E-state index contributed by atoms with van der Waals surface area (Å²) < 4.78 is 20.5. The summed E-state index contributed by atoms with van der Waals surface area (Å²) in [5.74, 6) is 0.175. The van der Waals surface area contributed by atoms with Crippen molar-refractivity contribution >= 4 is 0 Å². The number of ether oxygens (including phenoxy) is 3. The lowest BCUT2D eigenvalue weighted by atomic mass is 10.0. The van der Waals surface area contributed by atoms with Crippen LogP contribution in [0.3, 0.4) is 0 Å². The van der Waals surface area contributed by atoms with Crippen molar-refractivity contribution in [1.82, 2.24) is 9.55 Å². The van der Waals surface area contributed by atoms with E-state index in [1.54, 1.807) is 12.5 Å². The van der Waals surface area contributed by atoms with Crippen LogP contribution in [0.5, 0.6) is 5.75 Å². The second-order valence-corrected chi connectivity index (χ2v) is 7.31. The number of aromatic nitrogens is 2. The number of benzene rings is 2. The normalized spacial score (nSPS) is 21.7. The monoisotopic (exact) mass is 378 g/mol. The molecule has 2 unspecified atom stereocenters. The van der Waals surface area contributed by atoms with Gasteiger partial charge >= 0.3 is 0 Å². The van der Waals surface area contributed by atoms with Crippen LogP contribution in [0, 0.1) is 6.92 Å². The number of imidazole rings is 1. The lowest BCUT2D eigenvalue weighted by molar-refractivity contribution is -0.184. The number of aryl methyl sites for hydroxylation is 2. The molecule has 0 N–H and O–H groups in total. The fourth-order valence-corrected chi connectivity index (χ4v) is 3.45. The number of nitrogens with zero attached hydrogens (tertiary/aromatic N) is 2. The van der Waals surface area contributed by atoms with Gasteiger partial charge in [0.2, 0.25) is 0 Å². The molecule has 2 atom stereocenters. The number of hydrogen-bond donors (Lipinski definition) is 0. The first kappa shape index (κ1) is 18.7. The molecule has 2 aromatic carbocycles. The quantitative estimate of drug-likeness (QED) is 0.594. The number of rotatable bonds is 8. The Bertz CT molecular complexity index is 849. The third-order valence-corrected chi connectivity index (χ3v) is 4.99. The Kier molecular flexibility index (Phi) is 5.74. The van der Waals surface area contributed by atoms with E-state index in [0.29, 0.717) is 19.8 Å². The van der Waals surface area contributed by atoms with Crippen molar-refractivity contribution in [1.29, 1.82) is 0 Å². The largest absolute Gasteiger partial charge is 0.491 e. The maximum Gasteiger partial charge on any atom is 0.187 e. The first-order valence-corrected chi connectivity index (χ1v) is 9.72. The third kappa shape index (κ3) is 4.80. The van der Waals surface area contributed by atoms with Crippen molar-refractivity contribution in [2.75, 3.05) is 13.2 Å². The molecular weight excluding hydrogens is 352 g/mol. The van der Waals surface area contributed by atoms with Gasteiger partial charge in [-0.15, -0.1) is 0 Å². The average Bonchev–Trinajstić information content (AvgIpc) is 3.38. The summed E-state index contributed by atoms with van der Waals surface area (Å²) >= 11 is 0. The van der Waals surface area contributed by atoms with Gasteiger partial charge in [0.25, 0.3) is 0 Å². The van der Waals surface area contributed by atoms with Crippen LogP contribution in [0.2, 0.25) is 0 Å². The molecule has 28 heavy (non-hydrogen) atoms. The van der Waals surface area contributed by atoms with Crippen LogP contribution in [-0.2, 0) is 22.4 Å². The lowest BCUT2D eigenvalue weighted by Crippen LogP contribution is -2.37. The highest BCUT2D eigenvalue weighted by molar-refractivity contribution is 5.22. The second-order valence-electron chi connectivity index (χ2n) is 7.31. The summed E-state index contributed by atoms with van der Waals surface area (Å²) in [5, 5.41) is 0. The maximum atomic E-state index is 6.39. The molecule has 146 valence electrons. The summed E-state index contributed by atoms with van der Waals surface area (Å²) in [4.78, 5) is 4.15. The number of hydrogen-bond acceptors (Lipinski definition) is 4. The molecule has 1 aliphatic heterocycles. The highest BCUT2D eigenvalue weighted by Crippen LogP contribution is 2.31. The smallest absolute Gasteiger partial charge is 0.187 e. The van der Waals surface area contributed by atoms with E-state index in [2.05, 4.69) is 36.2 Å². The van der Waals surface area contributed by atoms with E-state index in [4.69, 9.17) is 14.2 Å². The van der Waals surface area contributed by atoms with Crippen LogP contribution in [0.25, 0.3) is 0 Å². The fraction of sp³-hybridized carbons (Fsp3) is 0.348. The van der Waals surface area contributed by atoms with Crippen molar-refractivity contribution in [3.05, 3.63) is 84.4 Å². The molecule has 5 nitrogen and oxygen atoms in total. The Morgan fingerprint density at radius 3 is 2.71 bits per heavy atom. The van der Waals surface area contributed by atoms with E-state index in [9.17, 15) is 0 Å². The van der Waals surface area contributed by atoms with Gasteiger partial charge in [0, 0.05) is 18.8 Å². The Morgan fingerprint density at radius 1 is 1.14 bits per heavy atom. The topological polar surface area (TPSA) is 45.5 Å². The van der Waals surface area contributed by atoms with Gasteiger partial charge in [-0.25, -0.2) is 4.98 Å². The zero-order chi connectivity index (χ0) is 19.2. The first-order valence-electron chi connectivity index (χ1n) is 9.72. The van der Waals surface area contributed by atoms with Gasteiger partial charge in [-0.1, -0.05) is 48.0 Å². The Balaban J connectivity index is 1.41. The molecule has 0 bridgehead atoms. The zero-order valence-electron chi connectivity index (χ0n) is 16.2. The molecule has 1 fully saturated rings. The predicted octanol–water partition coefficient (Wildman–Crippen LogP) is 4.02. The zero-order valence-corrected chi connectivity index (χ0v) is 16.2. The van der Waals surface area contributed by atoms with Crippen molar-refractivity contribution in [2.24, 2.45) is 0 Å². The van der Waals surface area contributed by atoms with Gasteiger partial charge in [0.05, 0.1) is 19.5 Å². The first-order chi connectivity index (χ1) is 13.7. The molecule has 2 heterocycles. The molecule has 1 aromatic heterocycles. The highest BCUT2D eigenvalue weighted by atomic mass is 16.8. The summed E-state index contributed by atoms with van der Waals surface area (Å²) in [7, 11) is 0. The van der Waals surface area contributed by atoms with Gasteiger partial charge in [0.15, 0.2) is 5.79 Å². The summed E-state index contributed by atoms with van der Waals surface area (Å²) in [5.41, 5.74) is 2.55. The molecule has 4 rings (SSSR count). The third-order valence-electron chi connectivity index (χ3n) is 4.99. The molecule has 0 spiro atoms. The van der Waals surface area contributed by atoms with Crippen molar-refractivity contribution in [3.63, 3.8) is 0 Å². The highest BCUT2D eigenvalue weighted by Gasteiger charge is 2.42. The standard InChI is InChI=1S/C23H26N2O3/c1-19-7-9-20(10-8-19)11-12-23(17-25-14-13-24-18-25)27-16-22(28-23)15-26-21-5-3-2-4-6-21/h2-10,13-14,18,22H,11-12,15-17H2,1H3. The van der Waals surface area contributed by atoms with E-state index in [1.165, 1.54) is 11.1 Å². The minimum atomic E-state index is -0.670. The lowest BCUT2D eigenvalue weighted by Gasteiger charge is -2.28. The van der Waals surface area contributed by atoms with Crippen LogP contribution in [0.15, 0.2) is 73.3 Å². The van der Waals surface area contributed by atoms with Gasteiger partial charge in [-0.05, 0) is 31.0 Å². The van der Waals surface area contributed by atoms with Gasteiger partial charge < -0.3 is 18.8 Å². The van der Waals surface area contributed by atoms with Crippen molar-refractivity contribution in [3.8, 4) is 5.75 Å². The summed E-state index contributed by atoms with van der Waals surface area (Å²) in [6, 6.07) is 18.4.